The van der Waals surface area contributed by atoms with E-state index >= 15 is 0 Å². The lowest BCUT2D eigenvalue weighted by Gasteiger charge is -2.25. The van der Waals surface area contributed by atoms with Crippen LogP contribution < -0.4 is 4.90 Å². The quantitative estimate of drug-likeness (QED) is 0.553. The van der Waals surface area contributed by atoms with E-state index in [1.807, 2.05) is 17.0 Å². The van der Waals surface area contributed by atoms with Crippen LogP contribution in [0.4, 0.5) is 11.4 Å². The van der Waals surface area contributed by atoms with Gasteiger partial charge in [-0.1, -0.05) is 6.07 Å². The summed E-state index contributed by atoms with van der Waals surface area (Å²) < 4.78 is 0. The Morgan fingerprint density at radius 2 is 2.00 bits per heavy atom. The molecule has 0 radical (unpaired) electrons. The third-order valence-electron chi connectivity index (χ3n) is 3.73. The molecule has 0 saturated carbocycles. The fraction of sp³-hybridized carbons (Fsp3) is 0.176. The van der Waals surface area contributed by atoms with Crippen LogP contribution >= 0.6 is 0 Å². The predicted octanol–water partition coefficient (Wildman–Crippen LogP) is 2.54. The van der Waals surface area contributed by atoms with Crippen molar-refractivity contribution in [2.75, 3.05) is 18.1 Å². The van der Waals surface area contributed by atoms with Crippen LogP contribution in [-0.2, 0) is 6.54 Å². The number of nitro benzene ring substituents is 1. The van der Waals surface area contributed by atoms with Crippen molar-refractivity contribution in [2.24, 2.45) is 0 Å². The van der Waals surface area contributed by atoms with E-state index in [4.69, 9.17) is 0 Å². The van der Waals surface area contributed by atoms with Gasteiger partial charge in [0, 0.05) is 37.7 Å². The van der Waals surface area contributed by atoms with Gasteiger partial charge in [-0.2, -0.15) is 0 Å². The summed E-state index contributed by atoms with van der Waals surface area (Å²) in [6, 6.07) is 10.3. The Hall–Kier alpha value is -3.06. The van der Waals surface area contributed by atoms with Crippen molar-refractivity contribution in [3.8, 4) is 0 Å². The van der Waals surface area contributed by atoms with E-state index in [1.165, 1.54) is 6.07 Å². The number of aliphatic hydroxyl groups excluding tert-OH is 1. The second-order valence-electron chi connectivity index (χ2n) is 5.27. The van der Waals surface area contributed by atoms with E-state index in [9.17, 15) is 15.2 Å². The molecular formula is C17H16N4O3. The SMILES string of the molecule is O=[N+]([O-])c1ccc(N(CCO)Cc2cccnc2)c2ncccc12. The summed E-state index contributed by atoms with van der Waals surface area (Å²) in [6.45, 7) is 0.877. The summed E-state index contributed by atoms with van der Waals surface area (Å²) in [7, 11) is 0. The van der Waals surface area contributed by atoms with Crippen LogP contribution in [-0.4, -0.2) is 33.1 Å². The van der Waals surface area contributed by atoms with Crippen molar-refractivity contribution in [1.29, 1.82) is 0 Å². The first-order valence-corrected chi connectivity index (χ1v) is 7.47. The number of hydrogen-bond donors (Lipinski definition) is 1. The molecule has 0 aliphatic carbocycles. The van der Waals surface area contributed by atoms with Crippen LogP contribution in [0.3, 0.4) is 0 Å². The van der Waals surface area contributed by atoms with Crippen molar-refractivity contribution in [3.05, 3.63) is 70.7 Å². The number of benzene rings is 1. The molecule has 2 heterocycles. The maximum atomic E-state index is 11.2. The standard InChI is InChI=1S/C17H16N4O3/c22-10-9-20(12-13-3-1-7-18-11-13)16-6-5-15(21(23)24)14-4-2-8-19-17(14)16/h1-8,11,22H,9-10,12H2. The van der Waals surface area contributed by atoms with Crippen LogP contribution in [0, 0.1) is 10.1 Å². The van der Waals surface area contributed by atoms with E-state index < -0.39 is 4.92 Å². The van der Waals surface area contributed by atoms with E-state index in [0.717, 1.165) is 11.3 Å². The highest BCUT2D eigenvalue weighted by molar-refractivity contribution is 5.97. The summed E-state index contributed by atoms with van der Waals surface area (Å²) in [4.78, 5) is 21.2. The average molecular weight is 324 g/mol. The highest BCUT2D eigenvalue weighted by Gasteiger charge is 2.18. The molecule has 0 amide bonds. The molecule has 122 valence electrons. The van der Waals surface area contributed by atoms with Crippen LogP contribution in [0.2, 0.25) is 0 Å². The molecule has 0 fully saturated rings. The molecule has 7 nitrogen and oxygen atoms in total. The molecule has 2 aromatic heterocycles. The van der Waals surface area contributed by atoms with Crippen LogP contribution in [0.5, 0.6) is 0 Å². The zero-order chi connectivity index (χ0) is 16.9. The molecule has 3 aromatic rings. The first-order chi connectivity index (χ1) is 11.7. The summed E-state index contributed by atoms with van der Waals surface area (Å²) in [5.41, 5.74) is 2.29. The predicted molar refractivity (Wildman–Crippen MR) is 90.8 cm³/mol. The molecule has 1 aromatic carbocycles. The lowest BCUT2D eigenvalue weighted by atomic mass is 10.1. The van der Waals surface area contributed by atoms with Crippen molar-refractivity contribution in [2.45, 2.75) is 6.54 Å². The fourth-order valence-corrected chi connectivity index (χ4v) is 2.67. The van der Waals surface area contributed by atoms with Gasteiger partial charge in [-0.3, -0.25) is 20.1 Å². The van der Waals surface area contributed by atoms with Gasteiger partial charge in [0.15, 0.2) is 0 Å². The summed E-state index contributed by atoms with van der Waals surface area (Å²) in [5, 5.41) is 21.1. The van der Waals surface area contributed by atoms with Gasteiger partial charge in [0.1, 0.15) is 5.52 Å². The van der Waals surface area contributed by atoms with Gasteiger partial charge in [0.05, 0.1) is 22.6 Å². The van der Waals surface area contributed by atoms with Gasteiger partial charge < -0.3 is 10.0 Å². The van der Waals surface area contributed by atoms with E-state index in [2.05, 4.69) is 9.97 Å². The maximum Gasteiger partial charge on any atom is 0.278 e. The van der Waals surface area contributed by atoms with E-state index in [0.29, 0.717) is 24.0 Å². The number of aliphatic hydroxyl groups is 1. The number of nitro groups is 1. The third kappa shape index (κ3) is 3.16. The van der Waals surface area contributed by atoms with Gasteiger partial charge in [-0.05, 0) is 29.8 Å². The lowest BCUT2D eigenvalue weighted by Crippen LogP contribution is -2.26. The van der Waals surface area contributed by atoms with Crippen LogP contribution in [0.25, 0.3) is 10.9 Å². The zero-order valence-corrected chi connectivity index (χ0v) is 12.9. The molecule has 1 N–H and O–H groups in total. The molecule has 7 heteroatoms. The van der Waals surface area contributed by atoms with E-state index in [1.54, 1.807) is 36.8 Å². The molecule has 0 atom stereocenters. The third-order valence-corrected chi connectivity index (χ3v) is 3.73. The number of fused-ring (bicyclic) bond motifs is 1. The number of rotatable bonds is 6. The number of pyridine rings is 2. The molecule has 0 spiro atoms. The van der Waals surface area contributed by atoms with Crippen LogP contribution in [0.15, 0.2) is 55.0 Å². The van der Waals surface area contributed by atoms with Gasteiger partial charge in [0.2, 0.25) is 0 Å². The Labute approximate surface area is 138 Å². The van der Waals surface area contributed by atoms with E-state index in [-0.39, 0.29) is 12.3 Å². The molecule has 0 unspecified atom stereocenters. The van der Waals surface area contributed by atoms with Gasteiger partial charge in [0.25, 0.3) is 5.69 Å². The molecule has 24 heavy (non-hydrogen) atoms. The Morgan fingerprint density at radius 3 is 2.71 bits per heavy atom. The minimum Gasteiger partial charge on any atom is -0.395 e. The molecule has 0 aliphatic heterocycles. The maximum absolute atomic E-state index is 11.2. The zero-order valence-electron chi connectivity index (χ0n) is 12.9. The number of nitrogens with zero attached hydrogens (tertiary/aromatic N) is 4. The summed E-state index contributed by atoms with van der Waals surface area (Å²) in [6.07, 6.45) is 5.06. The van der Waals surface area contributed by atoms with Crippen molar-refractivity contribution >= 4 is 22.3 Å². The monoisotopic (exact) mass is 324 g/mol. The minimum absolute atomic E-state index is 0.0205. The topological polar surface area (TPSA) is 92.4 Å². The fourth-order valence-electron chi connectivity index (χ4n) is 2.67. The van der Waals surface area contributed by atoms with Crippen molar-refractivity contribution < 1.29 is 10.0 Å². The largest absolute Gasteiger partial charge is 0.395 e. The Bertz CT molecular complexity index is 855. The van der Waals surface area contributed by atoms with Gasteiger partial charge in [-0.25, -0.2) is 0 Å². The van der Waals surface area contributed by atoms with Crippen LogP contribution in [0.1, 0.15) is 5.56 Å². The second-order valence-corrected chi connectivity index (χ2v) is 5.27. The lowest BCUT2D eigenvalue weighted by molar-refractivity contribution is -0.383. The van der Waals surface area contributed by atoms with Crippen molar-refractivity contribution in [1.82, 2.24) is 9.97 Å². The number of anilines is 1. The number of aromatic nitrogens is 2. The molecule has 0 bridgehead atoms. The average Bonchev–Trinajstić information content (AvgIpc) is 2.61. The summed E-state index contributed by atoms with van der Waals surface area (Å²) >= 11 is 0. The smallest absolute Gasteiger partial charge is 0.278 e. The highest BCUT2D eigenvalue weighted by Crippen LogP contribution is 2.32. The first-order valence-electron chi connectivity index (χ1n) is 7.47. The highest BCUT2D eigenvalue weighted by atomic mass is 16.6. The molecular weight excluding hydrogens is 308 g/mol. The minimum atomic E-state index is -0.411. The second kappa shape index (κ2) is 7.01. The van der Waals surface area contributed by atoms with Gasteiger partial charge >= 0.3 is 0 Å². The number of hydrogen-bond acceptors (Lipinski definition) is 6. The normalized spacial score (nSPS) is 10.7. The molecule has 0 saturated heterocycles. The Kier molecular flexibility index (Phi) is 4.62. The Balaban J connectivity index is 2.08. The molecule has 0 aliphatic rings. The molecule has 3 rings (SSSR count). The van der Waals surface area contributed by atoms with Crippen molar-refractivity contribution in [3.63, 3.8) is 0 Å². The summed E-state index contributed by atoms with van der Waals surface area (Å²) in [5.74, 6) is 0. The number of non-ortho nitro benzene ring substituents is 1. The van der Waals surface area contributed by atoms with Gasteiger partial charge in [-0.15, -0.1) is 0 Å². The first kappa shape index (κ1) is 15.8. The Morgan fingerprint density at radius 1 is 1.17 bits per heavy atom.